The molecule has 0 atom stereocenters. The van der Waals surface area contributed by atoms with Crippen molar-refractivity contribution in [2.24, 2.45) is 0 Å². The summed E-state index contributed by atoms with van der Waals surface area (Å²) in [5, 5.41) is 8.60. The zero-order chi connectivity index (χ0) is 11.5. The number of anilines is 1. The second-order valence-electron chi connectivity index (χ2n) is 3.41. The predicted molar refractivity (Wildman–Crippen MR) is 60.4 cm³/mol. The molecule has 0 aromatic heterocycles. The Morgan fingerprint density at radius 2 is 1.80 bits per heavy atom. The van der Waals surface area contributed by atoms with E-state index in [9.17, 15) is 8.42 Å². The summed E-state index contributed by atoms with van der Waals surface area (Å²) < 4.78 is 25.3. The zero-order valence-electron chi connectivity index (χ0n) is 8.82. The summed E-state index contributed by atoms with van der Waals surface area (Å²) in [5.41, 5.74) is 2.35. The van der Waals surface area contributed by atoms with E-state index in [1.54, 1.807) is 0 Å². The molecule has 1 rings (SSSR count). The van der Waals surface area contributed by atoms with Crippen molar-refractivity contribution in [2.75, 3.05) is 17.1 Å². The molecule has 2 N–H and O–H groups in total. The molecule has 1 aromatic carbocycles. The minimum absolute atomic E-state index is 0.277. The number of hydrogen-bond donors (Lipinski definition) is 2. The molecular weight excluding hydrogens is 214 g/mol. The van der Waals surface area contributed by atoms with Crippen LogP contribution in [0, 0.1) is 13.8 Å². The Kier molecular flexibility index (Phi) is 3.71. The van der Waals surface area contributed by atoms with Crippen LogP contribution in [0.25, 0.3) is 0 Å². The number of nitrogens with one attached hydrogen (secondary N) is 1. The van der Waals surface area contributed by atoms with Crippen molar-refractivity contribution < 1.29 is 13.5 Å². The molecule has 0 aliphatic rings. The number of hydrogen-bond acceptors (Lipinski definition) is 3. The fraction of sp³-hybridized carbons (Fsp3) is 0.400. The smallest absolute Gasteiger partial charge is 0.235 e. The van der Waals surface area contributed by atoms with Crippen molar-refractivity contribution in [1.29, 1.82) is 0 Å². The number of aryl methyl sites for hydroxylation is 2. The van der Waals surface area contributed by atoms with Crippen molar-refractivity contribution in [2.45, 2.75) is 13.8 Å². The van der Waals surface area contributed by atoms with Crippen molar-refractivity contribution in [3.05, 3.63) is 29.3 Å². The highest BCUT2D eigenvalue weighted by Gasteiger charge is 2.12. The van der Waals surface area contributed by atoms with Gasteiger partial charge in [0.05, 0.1) is 18.0 Å². The zero-order valence-corrected chi connectivity index (χ0v) is 9.63. The molecule has 0 spiro atoms. The fourth-order valence-corrected chi connectivity index (χ4v) is 2.28. The molecule has 0 saturated heterocycles. The summed E-state index contributed by atoms with van der Waals surface area (Å²) in [6, 6.07) is 5.54. The van der Waals surface area contributed by atoms with Gasteiger partial charge in [0.1, 0.15) is 0 Å². The average Bonchev–Trinajstić information content (AvgIpc) is 2.11. The van der Waals surface area contributed by atoms with E-state index in [1.807, 2.05) is 32.0 Å². The number of aliphatic hydroxyl groups is 1. The molecule has 0 amide bonds. The highest BCUT2D eigenvalue weighted by molar-refractivity contribution is 7.92. The lowest BCUT2D eigenvalue weighted by Gasteiger charge is -2.12. The van der Waals surface area contributed by atoms with Gasteiger partial charge in [0.15, 0.2) is 0 Å². The Bertz CT molecular complexity index is 420. The summed E-state index contributed by atoms with van der Waals surface area (Å²) >= 11 is 0. The normalized spacial score (nSPS) is 11.4. The molecule has 0 fully saturated rings. The summed E-state index contributed by atoms with van der Waals surface area (Å²) in [4.78, 5) is 0. The van der Waals surface area contributed by atoms with Crippen LogP contribution in [-0.4, -0.2) is 25.9 Å². The highest BCUT2D eigenvalue weighted by Crippen LogP contribution is 2.20. The molecule has 0 radical (unpaired) electrons. The maximum atomic E-state index is 11.4. The maximum Gasteiger partial charge on any atom is 0.235 e. The van der Waals surface area contributed by atoms with Crippen molar-refractivity contribution in [1.82, 2.24) is 0 Å². The second kappa shape index (κ2) is 4.63. The third-order valence-corrected chi connectivity index (χ3v) is 3.33. The SMILES string of the molecule is Cc1cccc(C)c1NS(=O)(=O)CCO. The Hall–Kier alpha value is -1.07. The van der Waals surface area contributed by atoms with Crippen LogP contribution in [0.15, 0.2) is 18.2 Å². The first-order chi connectivity index (χ1) is 6.96. The van der Waals surface area contributed by atoms with Crippen molar-refractivity contribution >= 4 is 15.7 Å². The Balaban J connectivity index is 2.99. The Morgan fingerprint density at radius 3 is 2.27 bits per heavy atom. The largest absolute Gasteiger partial charge is 0.395 e. The van der Waals surface area contributed by atoms with Gasteiger partial charge in [-0.2, -0.15) is 0 Å². The van der Waals surface area contributed by atoms with Crippen LogP contribution in [0.5, 0.6) is 0 Å². The Labute approximate surface area is 90.0 Å². The standard InChI is InChI=1S/C10H15NO3S/c1-8-4-3-5-9(2)10(8)11-15(13,14)7-6-12/h3-5,11-12H,6-7H2,1-2H3. The molecule has 1 aromatic rings. The first-order valence-electron chi connectivity index (χ1n) is 4.64. The number of benzene rings is 1. The van der Waals surface area contributed by atoms with Gasteiger partial charge in [-0.1, -0.05) is 18.2 Å². The first kappa shape index (κ1) is 12.0. The number of rotatable bonds is 4. The molecule has 15 heavy (non-hydrogen) atoms. The van der Waals surface area contributed by atoms with E-state index in [0.717, 1.165) is 11.1 Å². The quantitative estimate of drug-likeness (QED) is 0.810. The van der Waals surface area contributed by atoms with E-state index >= 15 is 0 Å². The lowest BCUT2D eigenvalue weighted by molar-refractivity contribution is 0.320. The van der Waals surface area contributed by atoms with Crippen LogP contribution in [-0.2, 0) is 10.0 Å². The molecule has 0 heterocycles. The Morgan fingerprint density at radius 1 is 1.27 bits per heavy atom. The summed E-state index contributed by atoms with van der Waals surface area (Å²) in [6.45, 7) is 3.30. The maximum absolute atomic E-state index is 11.4. The summed E-state index contributed by atoms with van der Waals surface area (Å²) in [7, 11) is -3.43. The van der Waals surface area contributed by atoms with E-state index in [-0.39, 0.29) is 12.4 Å². The molecule has 0 unspecified atom stereocenters. The van der Waals surface area contributed by atoms with Crippen LogP contribution >= 0.6 is 0 Å². The van der Waals surface area contributed by atoms with Crippen LogP contribution in [0.1, 0.15) is 11.1 Å². The molecule has 0 bridgehead atoms. The molecular formula is C10H15NO3S. The molecule has 0 aliphatic carbocycles. The van der Waals surface area contributed by atoms with E-state index < -0.39 is 10.0 Å². The van der Waals surface area contributed by atoms with Gasteiger partial charge in [-0.3, -0.25) is 4.72 Å². The number of para-hydroxylation sites is 1. The third kappa shape index (κ3) is 3.21. The van der Waals surface area contributed by atoms with Crippen molar-refractivity contribution in [3.63, 3.8) is 0 Å². The minimum atomic E-state index is -3.43. The lowest BCUT2D eigenvalue weighted by atomic mass is 10.1. The van der Waals surface area contributed by atoms with Gasteiger partial charge in [0.2, 0.25) is 10.0 Å². The van der Waals surface area contributed by atoms with E-state index in [4.69, 9.17) is 5.11 Å². The van der Waals surface area contributed by atoms with Gasteiger partial charge in [-0.25, -0.2) is 8.42 Å². The van der Waals surface area contributed by atoms with Crippen LogP contribution in [0.2, 0.25) is 0 Å². The van der Waals surface area contributed by atoms with Crippen molar-refractivity contribution in [3.8, 4) is 0 Å². The molecule has 84 valence electrons. The minimum Gasteiger partial charge on any atom is -0.395 e. The van der Waals surface area contributed by atoms with E-state index in [1.165, 1.54) is 0 Å². The highest BCUT2D eigenvalue weighted by atomic mass is 32.2. The van der Waals surface area contributed by atoms with E-state index in [0.29, 0.717) is 5.69 Å². The molecule has 5 heteroatoms. The van der Waals surface area contributed by atoms with E-state index in [2.05, 4.69) is 4.72 Å². The summed E-state index contributed by atoms with van der Waals surface area (Å²) in [6.07, 6.45) is 0. The predicted octanol–water partition coefficient (Wildman–Crippen LogP) is 1.04. The first-order valence-corrected chi connectivity index (χ1v) is 6.29. The average molecular weight is 229 g/mol. The van der Waals surface area contributed by atoms with Crippen LogP contribution in [0.3, 0.4) is 0 Å². The van der Waals surface area contributed by atoms with Gasteiger partial charge in [0.25, 0.3) is 0 Å². The monoisotopic (exact) mass is 229 g/mol. The van der Waals surface area contributed by atoms with Gasteiger partial charge >= 0.3 is 0 Å². The third-order valence-electron chi connectivity index (χ3n) is 2.10. The number of aliphatic hydroxyl groups excluding tert-OH is 1. The lowest BCUT2D eigenvalue weighted by Crippen LogP contribution is -2.20. The molecule has 0 aliphatic heterocycles. The fourth-order valence-electron chi connectivity index (χ4n) is 1.30. The molecule has 0 saturated carbocycles. The van der Waals surface area contributed by atoms with Gasteiger partial charge < -0.3 is 5.11 Å². The van der Waals surface area contributed by atoms with Gasteiger partial charge in [0, 0.05) is 0 Å². The van der Waals surface area contributed by atoms with Gasteiger partial charge in [-0.05, 0) is 25.0 Å². The summed E-state index contributed by atoms with van der Waals surface area (Å²) in [5.74, 6) is -0.277. The molecule has 4 nitrogen and oxygen atoms in total. The number of sulfonamides is 1. The topological polar surface area (TPSA) is 66.4 Å². The van der Waals surface area contributed by atoms with Crippen LogP contribution in [0.4, 0.5) is 5.69 Å². The van der Waals surface area contributed by atoms with Crippen LogP contribution < -0.4 is 4.72 Å². The second-order valence-corrected chi connectivity index (χ2v) is 5.25. The van der Waals surface area contributed by atoms with Gasteiger partial charge in [-0.15, -0.1) is 0 Å².